The second-order valence-electron chi connectivity index (χ2n) is 7.23. The SMILES string of the molecule is COC1OC(COS(=O)(=O)[O-])C(O)C(OC2OC(C(=O)O)C(O)C(OC)C2O)C1NC(C)=O.[Na+]. The maximum Gasteiger partial charge on any atom is 1.00 e. The summed E-state index contributed by atoms with van der Waals surface area (Å²) in [6.45, 7) is 0.170. The third-order valence-electron chi connectivity index (χ3n) is 5.00. The van der Waals surface area contributed by atoms with Crippen LogP contribution in [0.15, 0.2) is 0 Å². The van der Waals surface area contributed by atoms with Crippen LogP contribution in [0.1, 0.15) is 6.92 Å². The van der Waals surface area contributed by atoms with Crippen LogP contribution < -0.4 is 34.9 Å². The summed E-state index contributed by atoms with van der Waals surface area (Å²) in [5.74, 6) is -2.22. The van der Waals surface area contributed by atoms with E-state index in [2.05, 4.69) is 9.50 Å². The minimum absolute atomic E-state index is 0. The van der Waals surface area contributed by atoms with Crippen molar-refractivity contribution in [2.75, 3.05) is 20.8 Å². The van der Waals surface area contributed by atoms with Crippen LogP contribution >= 0.6 is 0 Å². The Morgan fingerprint density at radius 1 is 1.00 bits per heavy atom. The number of carbonyl (C=O) groups excluding carboxylic acids is 1. The zero-order valence-corrected chi connectivity index (χ0v) is 21.5. The molecule has 0 aromatic rings. The number of amides is 1. The molecule has 2 aliphatic rings. The maximum atomic E-state index is 11.7. The van der Waals surface area contributed by atoms with E-state index in [4.69, 9.17) is 23.7 Å². The molecule has 2 rings (SSSR count). The van der Waals surface area contributed by atoms with Gasteiger partial charge in [-0.15, -0.1) is 0 Å². The number of aliphatic hydroxyl groups excluding tert-OH is 3. The fourth-order valence-electron chi connectivity index (χ4n) is 3.54. The van der Waals surface area contributed by atoms with Crippen molar-refractivity contribution in [1.29, 1.82) is 0 Å². The molecule has 2 fully saturated rings. The number of rotatable bonds is 9. The normalized spacial score (nSPS) is 38.6. The Morgan fingerprint density at radius 3 is 2.09 bits per heavy atom. The van der Waals surface area contributed by atoms with Crippen molar-refractivity contribution in [3.05, 3.63) is 0 Å². The van der Waals surface area contributed by atoms with Gasteiger partial charge in [0.1, 0.15) is 42.7 Å². The molecule has 2 saturated heterocycles. The number of ether oxygens (including phenoxy) is 5. The second kappa shape index (κ2) is 13.2. The van der Waals surface area contributed by atoms with E-state index in [0.29, 0.717) is 0 Å². The van der Waals surface area contributed by atoms with Crippen molar-refractivity contribution < 1.29 is 100 Å². The number of nitrogens with one attached hydrogen (secondary N) is 1. The van der Waals surface area contributed by atoms with E-state index >= 15 is 0 Å². The van der Waals surface area contributed by atoms with Crippen LogP contribution in [0.5, 0.6) is 0 Å². The van der Waals surface area contributed by atoms with Gasteiger partial charge in [-0.05, 0) is 0 Å². The molecule has 0 aliphatic carbocycles. The number of aliphatic hydroxyl groups is 3. The summed E-state index contributed by atoms with van der Waals surface area (Å²) in [6.07, 6.45) is -15.0. The van der Waals surface area contributed by atoms with E-state index in [-0.39, 0.29) is 29.6 Å². The molecule has 0 bridgehead atoms. The van der Waals surface area contributed by atoms with Crippen LogP contribution in [-0.4, -0.2) is 127 Å². The molecule has 10 atom stereocenters. The molecular formula is C16H26NNaO15S. The molecule has 192 valence electrons. The van der Waals surface area contributed by atoms with Gasteiger partial charge < -0.3 is 54.0 Å². The summed E-state index contributed by atoms with van der Waals surface area (Å²) in [4.78, 5) is 23.1. The van der Waals surface area contributed by atoms with Crippen LogP contribution in [-0.2, 0) is 47.9 Å². The fourth-order valence-corrected chi connectivity index (χ4v) is 3.84. The number of hydrogen-bond donors (Lipinski definition) is 5. The molecule has 0 aromatic carbocycles. The van der Waals surface area contributed by atoms with Crippen molar-refractivity contribution >= 4 is 22.3 Å². The van der Waals surface area contributed by atoms with Crippen LogP contribution in [0.25, 0.3) is 0 Å². The smallest absolute Gasteiger partial charge is 0.726 e. The molecule has 0 saturated carbocycles. The van der Waals surface area contributed by atoms with E-state index in [1.165, 1.54) is 0 Å². The summed E-state index contributed by atoms with van der Waals surface area (Å²) >= 11 is 0. The third kappa shape index (κ3) is 7.74. The fraction of sp³-hybridized carbons (Fsp3) is 0.875. The maximum absolute atomic E-state index is 11.7. The molecule has 0 radical (unpaired) electrons. The largest absolute Gasteiger partial charge is 1.00 e. The Kier molecular flexibility index (Phi) is 12.2. The number of aliphatic carboxylic acids is 1. The summed E-state index contributed by atoms with van der Waals surface area (Å²) in [7, 11) is -2.91. The Hall–Kier alpha value is -0.510. The number of carbonyl (C=O) groups is 2. The monoisotopic (exact) mass is 527 g/mol. The number of carboxylic acid groups (broad SMARTS) is 1. The number of methoxy groups -OCH3 is 2. The molecule has 5 N–H and O–H groups in total. The molecular weight excluding hydrogens is 501 g/mol. The minimum atomic E-state index is -5.16. The summed E-state index contributed by atoms with van der Waals surface area (Å²) in [5.41, 5.74) is 0. The van der Waals surface area contributed by atoms with Crippen LogP contribution in [0.2, 0.25) is 0 Å². The first kappa shape index (κ1) is 31.5. The van der Waals surface area contributed by atoms with Crippen molar-refractivity contribution in [2.45, 2.75) is 68.3 Å². The van der Waals surface area contributed by atoms with Gasteiger partial charge in [0.15, 0.2) is 18.7 Å². The predicted molar refractivity (Wildman–Crippen MR) is 98.9 cm³/mol. The Labute approximate surface area is 216 Å². The van der Waals surface area contributed by atoms with Gasteiger partial charge in [-0.1, -0.05) is 0 Å². The number of hydrogen-bond acceptors (Lipinski definition) is 14. The van der Waals surface area contributed by atoms with Crippen LogP contribution in [0.4, 0.5) is 0 Å². The van der Waals surface area contributed by atoms with Gasteiger partial charge in [0.25, 0.3) is 0 Å². The van der Waals surface area contributed by atoms with E-state index in [1.807, 2.05) is 0 Å². The first-order chi connectivity index (χ1) is 15.3. The molecule has 10 unspecified atom stereocenters. The van der Waals surface area contributed by atoms with E-state index in [1.54, 1.807) is 0 Å². The van der Waals surface area contributed by atoms with Gasteiger partial charge in [0, 0.05) is 21.1 Å². The Balaban J connectivity index is 0.00000578. The van der Waals surface area contributed by atoms with Crippen LogP contribution in [0, 0.1) is 0 Å². The van der Waals surface area contributed by atoms with Gasteiger partial charge >= 0.3 is 35.5 Å². The van der Waals surface area contributed by atoms with E-state index < -0.39 is 90.2 Å². The predicted octanol–water partition coefficient (Wildman–Crippen LogP) is -7.36. The molecule has 0 spiro atoms. The van der Waals surface area contributed by atoms with E-state index in [9.17, 15) is 43.0 Å². The molecule has 1 amide bonds. The molecule has 18 heteroatoms. The van der Waals surface area contributed by atoms with Crippen molar-refractivity contribution in [1.82, 2.24) is 5.32 Å². The topological polar surface area (TPSA) is 240 Å². The molecule has 0 aromatic heterocycles. The minimum Gasteiger partial charge on any atom is -0.726 e. The van der Waals surface area contributed by atoms with Gasteiger partial charge in [-0.2, -0.15) is 0 Å². The van der Waals surface area contributed by atoms with Crippen molar-refractivity contribution in [3.63, 3.8) is 0 Å². The average molecular weight is 527 g/mol. The molecule has 2 heterocycles. The molecule has 16 nitrogen and oxygen atoms in total. The van der Waals surface area contributed by atoms with Crippen LogP contribution in [0.3, 0.4) is 0 Å². The quantitative estimate of drug-likeness (QED) is 0.106. The second-order valence-corrected chi connectivity index (χ2v) is 8.29. The first-order valence-corrected chi connectivity index (χ1v) is 10.8. The Bertz CT molecular complexity index is 799. The van der Waals surface area contributed by atoms with Gasteiger partial charge in [-0.3, -0.25) is 8.98 Å². The Morgan fingerprint density at radius 2 is 1.62 bits per heavy atom. The third-order valence-corrected chi connectivity index (χ3v) is 5.43. The van der Waals surface area contributed by atoms with Crippen molar-refractivity contribution in [2.24, 2.45) is 0 Å². The summed E-state index contributed by atoms with van der Waals surface area (Å²) < 4.78 is 62.7. The number of carboxylic acids is 1. The van der Waals surface area contributed by atoms with Crippen molar-refractivity contribution in [3.8, 4) is 0 Å². The zero-order valence-electron chi connectivity index (χ0n) is 18.7. The average Bonchev–Trinajstić information content (AvgIpc) is 2.70. The van der Waals surface area contributed by atoms with E-state index in [0.717, 1.165) is 21.1 Å². The standard InChI is InChI=1S/C16H27NO15S.Na/c1-5(18)17-7-11(8(19)6(30-15(7)28-3)4-29-33(24,25)26)31-16-10(21)12(27-2)9(20)13(32-16)14(22)23;/h6-13,15-16,19-21H,4H2,1-3H3,(H,17,18)(H,22,23)(H,24,25,26);/q;+1/p-1. The summed E-state index contributed by atoms with van der Waals surface area (Å²) in [6, 6.07) is -1.28. The van der Waals surface area contributed by atoms with Gasteiger partial charge in [0.05, 0.1) is 6.61 Å². The summed E-state index contributed by atoms with van der Waals surface area (Å²) in [5, 5.41) is 43.0. The zero-order chi connectivity index (χ0) is 25.1. The first-order valence-electron chi connectivity index (χ1n) is 9.47. The molecule has 34 heavy (non-hydrogen) atoms. The van der Waals surface area contributed by atoms with Gasteiger partial charge in [0.2, 0.25) is 16.3 Å². The molecule has 2 aliphatic heterocycles. The van der Waals surface area contributed by atoms with Gasteiger partial charge in [-0.25, -0.2) is 13.2 Å².